The summed E-state index contributed by atoms with van der Waals surface area (Å²) in [6.07, 6.45) is 1.25. The van der Waals surface area contributed by atoms with Gasteiger partial charge in [-0.25, -0.2) is 14.6 Å². The molecule has 2 amide bonds. The van der Waals surface area contributed by atoms with E-state index in [1.54, 1.807) is 51.2 Å². The molecule has 22 nitrogen and oxygen atoms in total. The number of aliphatic carboxylic acids is 2. The van der Waals surface area contributed by atoms with Gasteiger partial charge in [-0.05, 0) is 59.8 Å². The molecule has 0 spiro atoms. The Morgan fingerprint density at radius 1 is 0.982 bits per heavy atom. The van der Waals surface area contributed by atoms with Gasteiger partial charge in [-0.15, -0.1) is 0 Å². The van der Waals surface area contributed by atoms with Crippen LogP contribution in [0.3, 0.4) is 0 Å². The number of thioether (sulfide) groups is 1. The number of hydrogen-bond acceptors (Lipinski definition) is 14. The van der Waals surface area contributed by atoms with Crippen LogP contribution in [0.2, 0.25) is 0 Å². The maximum absolute atomic E-state index is 14.0. The van der Waals surface area contributed by atoms with E-state index in [1.807, 2.05) is 12.2 Å². The van der Waals surface area contributed by atoms with Crippen molar-refractivity contribution < 1.29 is 44.2 Å². The van der Waals surface area contributed by atoms with Gasteiger partial charge in [-0.3, -0.25) is 35.1 Å². The van der Waals surface area contributed by atoms with Gasteiger partial charge >= 0.3 is 35.0 Å². The largest absolute Gasteiger partial charge is 0.480 e. The van der Waals surface area contributed by atoms with Crippen LogP contribution in [0.15, 0.2) is 53.3 Å². The summed E-state index contributed by atoms with van der Waals surface area (Å²) in [5.41, 5.74) is -5.34. The second-order valence-electron chi connectivity index (χ2n) is 13.5. The molecule has 0 saturated carbocycles. The Balaban J connectivity index is 2.02. The number of nitrogens with one attached hydrogen (secondary N) is 4. The van der Waals surface area contributed by atoms with Gasteiger partial charge in [0.1, 0.15) is 12.1 Å². The molecule has 0 saturated heterocycles. The average molecular weight is 799 g/mol. The molecule has 56 heavy (non-hydrogen) atoms. The summed E-state index contributed by atoms with van der Waals surface area (Å²) in [5.74, 6) is -7.28. The summed E-state index contributed by atoms with van der Waals surface area (Å²) >= 11 is 0.903. The molecule has 6 N–H and O–H groups in total. The van der Waals surface area contributed by atoms with E-state index in [0.717, 1.165) is 35.5 Å². The van der Waals surface area contributed by atoms with Crippen molar-refractivity contribution in [2.75, 3.05) is 23.9 Å². The van der Waals surface area contributed by atoms with Gasteiger partial charge in [0.25, 0.3) is 0 Å². The highest BCUT2D eigenvalue weighted by atomic mass is 32.2. The summed E-state index contributed by atoms with van der Waals surface area (Å²) in [5, 5.41) is 75.9. The molecule has 0 radical (unpaired) electrons. The fraction of sp³-hybridized carbons (Fsp3) is 0.394. The van der Waals surface area contributed by atoms with Crippen molar-refractivity contribution >= 4 is 58.5 Å². The number of nitrogens with zero attached hydrogens (tertiary/aromatic N) is 6. The molecule has 0 bridgehead atoms. The smallest absolute Gasteiger partial charge is 0.460 e. The number of carbonyl (C=O) groups excluding carboxylic acids is 2. The third-order valence-corrected chi connectivity index (χ3v) is 9.17. The number of rotatable bonds is 16. The molecule has 1 heterocycles. The van der Waals surface area contributed by atoms with Crippen molar-refractivity contribution in [1.82, 2.24) is 20.9 Å². The molecule has 3 unspecified atom stereocenters. The van der Waals surface area contributed by atoms with Gasteiger partial charge < -0.3 is 36.3 Å². The number of nitro groups is 3. The minimum atomic E-state index is -3.34. The third-order valence-electron chi connectivity index (χ3n) is 8.08. The minimum absolute atomic E-state index is 0.0282. The number of amides is 2. The van der Waals surface area contributed by atoms with Crippen LogP contribution in [0, 0.1) is 54.1 Å². The molecule has 0 aliphatic carbocycles. The van der Waals surface area contributed by atoms with Gasteiger partial charge in [0, 0.05) is 17.9 Å². The Hall–Kier alpha value is -6.83. The predicted molar refractivity (Wildman–Crippen MR) is 200 cm³/mol. The van der Waals surface area contributed by atoms with E-state index in [4.69, 9.17) is 0 Å². The number of aryl methyl sites for hydroxylation is 1. The zero-order valence-corrected chi connectivity index (χ0v) is 31.4. The lowest BCUT2D eigenvalue weighted by molar-refractivity contribution is -0.603. The lowest BCUT2D eigenvalue weighted by atomic mass is 9.86. The summed E-state index contributed by atoms with van der Waals surface area (Å²) < 4.78 is 0. The molecular weight excluding hydrogens is 760 g/mol. The highest BCUT2D eigenvalue weighted by Gasteiger charge is 2.69. The molecule has 23 heteroatoms. The average Bonchev–Trinajstić information content (AvgIpc) is 3.08. The standard InChI is InChI=1S/C33H38N10O12S/c1-18-6-8-19(9-7-18)36-31(35-17-34)37-20-10-11-22-21(14-20)26(41(50)51)27(42(52)53)40(5)33(22,43(54)55)30(49)39-23(28(45)46)12-13-56-16-24(29(47)48)38-25(44)15-32(2,3)4/h6-11,14,23-24H,12-13,15-16H2,1-5H3,(H,38,44)(H,39,49)(H,45,46)(H,47,48)(H2,35,36,37). The number of carboxylic acid groups (broad SMARTS) is 2. The number of likely N-dealkylation sites (N-methyl/N-ethyl adjacent to an activating group) is 1. The molecule has 2 aromatic rings. The lowest BCUT2D eigenvalue weighted by Gasteiger charge is -2.33. The molecule has 298 valence electrons. The Morgan fingerprint density at radius 3 is 2.12 bits per heavy atom. The Labute approximate surface area is 322 Å². The highest BCUT2D eigenvalue weighted by Crippen LogP contribution is 2.44. The molecule has 0 fully saturated rings. The van der Waals surface area contributed by atoms with Gasteiger partial charge in [0.2, 0.25) is 11.9 Å². The van der Waals surface area contributed by atoms with E-state index >= 15 is 0 Å². The van der Waals surface area contributed by atoms with Gasteiger partial charge in [-0.1, -0.05) is 38.5 Å². The Kier molecular flexibility index (Phi) is 14.0. The quantitative estimate of drug-likeness (QED) is 0.0270. The fourth-order valence-electron chi connectivity index (χ4n) is 5.55. The number of nitriles is 1. The summed E-state index contributed by atoms with van der Waals surface area (Å²) in [7, 11) is 0.702. The Bertz CT molecular complexity index is 2030. The number of guanidine groups is 1. The SMILES string of the molecule is Cc1ccc(N=C(NC#N)Nc2ccc3c(c2)C([N+](=O)[O-])=C([N+](=O)[O-])N(C)C3(C(=O)NC(CCSCC(NC(=O)CC(C)(C)C)C(=O)O)C(=O)O)[N+](=O)[O-])cc1. The maximum Gasteiger partial charge on any atom is 0.460 e. The molecule has 1 aliphatic heterocycles. The first-order valence-corrected chi connectivity index (χ1v) is 17.6. The van der Waals surface area contributed by atoms with E-state index in [1.165, 1.54) is 0 Å². The molecule has 1 aliphatic rings. The summed E-state index contributed by atoms with van der Waals surface area (Å²) in [4.78, 5) is 88.8. The first kappa shape index (κ1) is 43.6. The van der Waals surface area contributed by atoms with Crippen molar-refractivity contribution in [3.8, 4) is 6.19 Å². The monoisotopic (exact) mass is 798 g/mol. The van der Waals surface area contributed by atoms with Crippen molar-refractivity contribution in [3.05, 3.63) is 95.3 Å². The van der Waals surface area contributed by atoms with Crippen LogP contribution in [0.5, 0.6) is 0 Å². The normalized spacial score (nSPS) is 16.4. The van der Waals surface area contributed by atoms with E-state index in [2.05, 4.69) is 20.9 Å². The van der Waals surface area contributed by atoms with Crippen molar-refractivity contribution in [3.63, 3.8) is 0 Å². The molecule has 2 aromatic carbocycles. The van der Waals surface area contributed by atoms with Gasteiger partial charge in [0.15, 0.2) is 6.19 Å². The van der Waals surface area contributed by atoms with Crippen LogP contribution in [0.4, 0.5) is 11.4 Å². The van der Waals surface area contributed by atoms with Crippen molar-refractivity contribution in [1.29, 1.82) is 5.26 Å². The Morgan fingerprint density at radius 2 is 1.61 bits per heavy atom. The molecule has 3 atom stereocenters. The number of anilines is 1. The van der Waals surface area contributed by atoms with Crippen LogP contribution in [-0.4, -0.2) is 90.2 Å². The maximum atomic E-state index is 14.0. The number of aliphatic imine (C=N–C) groups is 1. The third kappa shape index (κ3) is 10.2. The zero-order chi connectivity index (χ0) is 42.1. The number of hydrogen-bond donors (Lipinski definition) is 6. The van der Waals surface area contributed by atoms with Crippen LogP contribution in [0.25, 0.3) is 5.70 Å². The molecular formula is C33H38N10O12S. The number of benzene rings is 2. The van der Waals surface area contributed by atoms with Crippen LogP contribution >= 0.6 is 11.8 Å². The second-order valence-corrected chi connectivity index (χ2v) is 14.7. The van der Waals surface area contributed by atoms with Crippen LogP contribution < -0.4 is 21.3 Å². The van der Waals surface area contributed by atoms with Gasteiger partial charge in [-0.2, -0.15) is 21.9 Å². The summed E-state index contributed by atoms with van der Waals surface area (Å²) in [6.45, 7) is 7.17. The molecule has 0 aromatic heterocycles. The predicted octanol–water partition coefficient (Wildman–Crippen LogP) is 2.42. The highest BCUT2D eigenvalue weighted by molar-refractivity contribution is 7.99. The van der Waals surface area contributed by atoms with Crippen LogP contribution in [-0.2, 0) is 24.8 Å². The van der Waals surface area contributed by atoms with Crippen molar-refractivity contribution in [2.45, 2.75) is 58.3 Å². The zero-order valence-electron chi connectivity index (χ0n) is 30.6. The van der Waals surface area contributed by atoms with E-state index in [0.29, 0.717) is 12.7 Å². The first-order valence-electron chi connectivity index (χ1n) is 16.4. The van der Waals surface area contributed by atoms with E-state index in [-0.39, 0.29) is 34.5 Å². The van der Waals surface area contributed by atoms with Crippen LogP contribution in [0.1, 0.15) is 50.3 Å². The molecule has 3 rings (SSSR count). The van der Waals surface area contributed by atoms with Gasteiger partial charge in [0.05, 0.1) is 33.7 Å². The minimum Gasteiger partial charge on any atom is -0.480 e. The van der Waals surface area contributed by atoms with E-state index < -0.39 is 90.8 Å². The lowest BCUT2D eigenvalue weighted by Crippen LogP contribution is -2.64. The fourth-order valence-corrected chi connectivity index (χ4v) is 6.58. The summed E-state index contributed by atoms with van der Waals surface area (Å²) in [6, 6.07) is 6.42. The van der Waals surface area contributed by atoms with Crippen molar-refractivity contribution in [2.24, 2.45) is 10.4 Å². The first-order chi connectivity index (χ1) is 26.1. The topological polar surface area (TPSA) is 326 Å². The number of carboxylic acids is 2. The second kappa shape index (κ2) is 18.0. The van der Waals surface area contributed by atoms with E-state index in [9.17, 15) is 65.0 Å². The number of fused-ring (bicyclic) bond motifs is 1. The number of carbonyl (C=O) groups is 4.